The fourth-order valence-corrected chi connectivity index (χ4v) is 4.59. The minimum atomic E-state index is -4.57. The Labute approximate surface area is 208 Å². The van der Waals surface area contributed by atoms with Crippen LogP contribution in [0.1, 0.15) is 52.1 Å². The molecule has 0 aromatic carbocycles. The van der Waals surface area contributed by atoms with Gasteiger partial charge in [-0.05, 0) is 25.1 Å². The zero-order valence-corrected chi connectivity index (χ0v) is 20.4. The van der Waals surface area contributed by atoms with Crippen LogP contribution < -0.4 is 0 Å². The van der Waals surface area contributed by atoms with Crippen LogP contribution in [0.3, 0.4) is 0 Å². The molecule has 0 saturated carbocycles. The second-order valence-corrected chi connectivity index (χ2v) is 9.56. The molecule has 6 heterocycles. The highest BCUT2D eigenvalue weighted by Crippen LogP contribution is 2.37. The van der Waals surface area contributed by atoms with E-state index in [1.807, 2.05) is 6.92 Å². The summed E-state index contributed by atoms with van der Waals surface area (Å²) in [6.07, 6.45) is 2.07. The normalized spacial score (nSPS) is 16.8. The number of nitrogens with one attached hydrogen (secondary N) is 1. The average Bonchev–Trinajstić information content (AvgIpc) is 3.66. The number of rotatable bonds is 4. The number of alkyl halides is 3. The Bertz CT molecular complexity index is 1620. The molecule has 0 radical (unpaired) electrons. The van der Waals surface area contributed by atoms with Crippen molar-refractivity contribution in [2.45, 2.75) is 31.3 Å². The molecule has 6 rings (SSSR count). The molecule has 1 aliphatic heterocycles. The van der Waals surface area contributed by atoms with Crippen LogP contribution in [0, 0.1) is 0 Å². The molecular weight excluding hydrogens is 510 g/mol. The largest absolute Gasteiger partial charge is 0.418 e. The molecule has 2 unspecified atom stereocenters. The SMILES string of the molecule is CC(P)n1cc(-c2nnc(C(=O)N3CCc4[nH]cnc4[C@@H]3c3cc4c(C(F)(F)F)cccn4n3)o2)cn1. The first-order chi connectivity index (χ1) is 17.7. The van der Waals surface area contributed by atoms with E-state index in [4.69, 9.17) is 4.42 Å². The molecule has 1 N–H and O–H groups in total. The standard InChI is InChI=1S/C22H19F3N9O2P/c1-11(37)34-9-12(8-28-34)19-29-30-20(36-19)21(35)32-6-4-14-17(27-10-26-14)18(32)15-7-16-13(22(23,24)25)3-2-5-33(16)31-15/h2-3,5,7-11,18H,4,6,37H2,1H3,(H,26,27)/t11?,18-/m0/s1. The van der Waals surface area contributed by atoms with Crippen molar-refractivity contribution in [1.82, 2.24) is 44.5 Å². The number of H-pyrrole nitrogens is 1. The molecule has 0 saturated heterocycles. The van der Waals surface area contributed by atoms with Crippen molar-refractivity contribution in [3.05, 3.63) is 71.7 Å². The van der Waals surface area contributed by atoms with Gasteiger partial charge < -0.3 is 14.3 Å². The van der Waals surface area contributed by atoms with Gasteiger partial charge in [0.2, 0.25) is 0 Å². The third kappa shape index (κ3) is 3.97. The smallest absolute Gasteiger partial charge is 0.412 e. The van der Waals surface area contributed by atoms with Gasteiger partial charge in [0.1, 0.15) is 6.04 Å². The zero-order valence-electron chi connectivity index (χ0n) is 19.2. The lowest BCUT2D eigenvalue weighted by Crippen LogP contribution is -2.41. The van der Waals surface area contributed by atoms with E-state index in [1.54, 1.807) is 17.1 Å². The van der Waals surface area contributed by atoms with Crippen LogP contribution in [-0.2, 0) is 12.6 Å². The van der Waals surface area contributed by atoms with E-state index in [9.17, 15) is 18.0 Å². The fourth-order valence-electron chi connectivity index (χ4n) is 4.42. The fraction of sp³-hybridized carbons (Fsp3) is 0.273. The Morgan fingerprint density at radius 2 is 2.16 bits per heavy atom. The number of fused-ring (bicyclic) bond motifs is 2. The summed E-state index contributed by atoms with van der Waals surface area (Å²) in [5.74, 6) is -0.683. The van der Waals surface area contributed by atoms with Crippen LogP contribution in [0.25, 0.3) is 17.0 Å². The van der Waals surface area contributed by atoms with Crippen LogP contribution in [0.15, 0.2) is 47.5 Å². The van der Waals surface area contributed by atoms with Crippen molar-refractivity contribution < 1.29 is 22.4 Å². The monoisotopic (exact) mass is 529 g/mol. The number of hydrogen-bond donors (Lipinski definition) is 1. The van der Waals surface area contributed by atoms with E-state index in [0.717, 1.165) is 16.3 Å². The maximum absolute atomic E-state index is 13.6. The summed E-state index contributed by atoms with van der Waals surface area (Å²) < 4.78 is 49.4. The van der Waals surface area contributed by atoms with Gasteiger partial charge in [-0.15, -0.1) is 19.4 Å². The third-order valence-corrected chi connectivity index (χ3v) is 6.47. The molecule has 1 amide bonds. The van der Waals surface area contributed by atoms with Gasteiger partial charge in [0.15, 0.2) is 0 Å². The number of nitrogens with zero attached hydrogens (tertiary/aromatic N) is 8. The summed E-state index contributed by atoms with van der Waals surface area (Å²) in [6.45, 7) is 2.17. The van der Waals surface area contributed by atoms with E-state index in [-0.39, 0.29) is 35.3 Å². The molecule has 5 aromatic heterocycles. The number of aromatic amines is 1. The number of amides is 1. The molecule has 5 aromatic rings. The van der Waals surface area contributed by atoms with Gasteiger partial charge in [0.05, 0.1) is 46.3 Å². The molecule has 0 bridgehead atoms. The summed E-state index contributed by atoms with van der Waals surface area (Å²) in [7, 11) is 2.61. The molecular formula is C22H19F3N9O2P. The number of halogens is 3. The molecule has 15 heteroatoms. The highest BCUT2D eigenvalue weighted by atomic mass is 31.0. The number of carbonyl (C=O) groups is 1. The number of pyridine rings is 1. The summed E-state index contributed by atoms with van der Waals surface area (Å²) in [6, 6.07) is 2.73. The molecule has 0 aliphatic carbocycles. The van der Waals surface area contributed by atoms with Gasteiger partial charge in [-0.25, -0.2) is 9.50 Å². The zero-order chi connectivity index (χ0) is 25.9. The van der Waals surface area contributed by atoms with E-state index < -0.39 is 23.7 Å². The summed E-state index contributed by atoms with van der Waals surface area (Å²) in [5, 5.41) is 16.5. The minimum absolute atomic E-state index is 0.0400. The second-order valence-electron chi connectivity index (χ2n) is 8.60. The quantitative estimate of drug-likeness (QED) is 0.354. The Hall–Kier alpha value is -4.06. The molecule has 3 atom stereocenters. The third-order valence-electron chi connectivity index (χ3n) is 6.17. The summed E-state index contributed by atoms with van der Waals surface area (Å²) >= 11 is 0. The lowest BCUT2D eigenvalue weighted by Gasteiger charge is -2.32. The van der Waals surface area contributed by atoms with Gasteiger partial charge >= 0.3 is 18.0 Å². The van der Waals surface area contributed by atoms with Crippen LogP contribution in [0.2, 0.25) is 0 Å². The maximum Gasteiger partial charge on any atom is 0.418 e. The van der Waals surface area contributed by atoms with Crippen LogP contribution in [0.4, 0.5) is 13.2 Å². The van der Waals surface area contributed by atoms with E-state index in [0.29, 0.717) is 17.7 Å². The lowest BCUT2D eigenvalue weighted by atomic mass is 9.99. The predicted molar refractivity (Wildman–Crippen MR) is 125 cm³/mol. The lowest BCUT2D eigenvalue weighted by molar-refractivity contribution is -0.136. The first-order valence-electron chi connectivity index (χ1n) is 11.2. The van der Waals surface area contributed by atoms with Gasteiger partial charge in [-0.2, -0.15) is 23.4 Å². The van der Waals surface area contributed by atoms with Crippen LogP contribution >= 0.6 is 9.24 Å². The molecule has 37 heavy (non-hydrogen) atoms. The number of imidazole rings is 1. The van der Waals surface area contributed by atoms with Crippen molar-refractivity contribution >= 4 is 20.7 Å². The molecule has 190 valence electrons. The van der Waals surface area contributed by atoms with Crippen molar-refractivity contribution in [2.75, 3.05) is 6.54 Å². The second kappa shape index (κ2) is 8.51. The predicted octanol–water partition coefficient (Wildman–Crippen LogP) is 3.50. The average molecular weight is 529 g/mol. The summed E-state index contributed by atoms with van der Waals surface area (Å²) in [4.78, 5) is 22.4. The maximum atomic E-state index is 13.6. The molecule has 0 spiro atoms. The van der Waals surface area contributed by atoms with Gasteiger partial charge in [-0.1, -0.05) is 0 Å². The Morgan fingerprint density at radius 3 is 2.92 bits per heavy atom. The van der Waals surface area contributed by atoms with Gasteiger partial charge in [0.25, 0.3) is 5.89 Å². The van der Waals surface area contributed by atoms with Crippen molar-refractivity contribution in [3.8, 4) is 11.5 Å². The first-order valence-corrected chi connectivity index (χ1v) is 11.9. The summed E-state index contributed by atoms with van der Waals surface area (Å²) in [5.41, 5.74) is 1.09. The first kappa shape index (κ1) is 23.3. The van der Waals surface area contributed by atoms with E-state index in [1.165, 1.54) is 29.6 Å². The van der Waals surface area contributed by atoms with Gasteiger partial charge in [-0.3, -0.25) is 9.48 Å². The highest BCUT2D eigenvalue weighted by molar-refractivity contribution is 7.16. The number of carbonyl (C=O) groups excluding carboxylic acids is 1. The van der Waals surface area contributed by atoms with Crippen molar-refractivity contribution in [3.63, 3.8) is 0 Å². The number of hydrogen-bond acceptors (Lipinski definition) is 7. The molecule has 11 nitrogen and oxygen atoms in total. The van der Waals surface area contributed by atoms with Crippen molar-refractivity contribution in [2.24, 2.45) is 0 Å². The Morgan fingerprint density at radius 1 is 1.32 bits per heavy atom. The topological polar surface area (TPSA) is 123 Å². The van der Waals surface area contributed by atoms with E-state index in [2.05, 4.69) is 39.6 Å². The molecule has 1 aliphatic rings. The molecule has 0 fully saturated rings. The van der Waals surface area contributed by atoms with Crippen molar-refractivity contribution in [1.29, 1.82) is 0 Å². The van der Waals surface area contributed by atoms with E-state index >= 15 is 0 Å². The highest BCUT2D eigenvalue weighted by Gasteiger charge is 2.39. The minimum Gasteiger partial charge on any atom is -0.412 e. The Kier molecular flexibility index (Phi) is 5.37. The number of aromatic nitrogens is 8. The Balaban J connectivity index is 1.39. The van der Waals surface area contributed by atoms with Gasteiger partial charge in [0, 0.05) is 31.1 Å². The van der Waals surface area contributed by atoms with Crippen LogP contribution in [0.5, 0.6) is 0 Å². The van der Waals surface area contributed by atoms with Crippen LogP contribution in [-0.4, -0.2) is 56.9 Å².